The number of aromatic amines is 2. The third kappa shape index (κ3) is 3.23. The summed E-state index contributed by atoms with van der Waals surface area (Å²) in [6, 6.07) is 0. The van der Waals surface area contributed by atoms with Gasteiger partial charge in [-0.3, -0.25) is 14.6 Å². The van der Waals surface area contributed by atoms with Gasteiger partial charge in [0.15, 0.2) is 0 Å². The van der Waals surface area contributed by atoms with E-state index in [1.807, 2.05) is 4.98 Å². The molecule has 0 fully saturated rings. The van der Waals surface area contributed by atoms with Gasteiger partial charge in [0.2, 0.25) is 11.7 Å². The van der Waals surface area contributed by atoms with Crippen molar-refractivity contribution in [3.8, 4) is 0 Å². The minimum Gasteiger partial charge on any atom is -0.364 e. The van der Waals surface area contributed by atoms with E-state index >= 15 is 0 Å². The zero-order valence-corrected chi connectivity index (χ0v) is 9.03. The van der Waals surface area contributed by atoms with Crippen molar-refractivity contribution in [3.63, 3.8) is 0 Å². The number of aromatic nitrogens is 3. The maximum absolute atomic E-state index is 11.2. The molecule has 0 atom stereocenters. The summed E-state index contributed by atoms with van der Waals surface area (Å²) in [4.78, 5) is 36.5. The third-order valence-corrected chi connectivity index (χ3v) is 1.84. The van der Waals surface area contributed by atoms with Crippen LogP contribution in [0.1, 0.15) is 6.42 Å². The van der Waals surface area contributed by atoms with E-state index < -0.39 is 11.2 Å². The summed E-state index contributed by atoms with van der Waals surface area (Å²) >= 11 is 0. The van der Waals surface area contributed by atoms with E-state index in [0.29, 0.717) is 0 Å². The molecule has 1 aromatic heterocycles. The van der Waals surface area contributed by atoms with E-state index in [4.69, 9.17) is 0 Å². The number of H-pyrrole nitrogens is 2. The Morgan fingerprint density at radius 3 is 2.69 bits per heavy atom. The molecule has 8 nitrogen and oxygen atoms in total. The van der Waals surface area contributed by atoms with E-state index in [2.05, 4.69) is 15.5 Å². The van der Waals surface area contributed by atoms with Crippen LogP contribution in [-0.2, 0) is 4.79 Å². The lowest BCUT2D eigenvalue weighted by Gasteiger charge is -2.09. The van der Waals surface area contributed by atoms with Crippen molar-refractivity contribution in [2.24, 2.45) is 0 Å². The molecule has 88 valence electrons. The summed E-state index contributed by atoms with van der Waals surface area (Å²) in [7, 11) is 3.29. The summed E-state index contributed by atoms with van der Waals surface area (Å²) in [5.74, 6) is -0.0699. The molecule has 0 saturated carbocycles. The topological polar surface area (TPSA) is 111 Å². The zero-order chi connectivity index (χ0) is 12.1. The molecule has 1 aromatic rings. The highest BCUT2D eigenvalue weighted by Gasteiger charge is 2.05. The average molecular weight is 227 g/mol. The largest absolute Gasteiger partial charge is 0.364 e. The molecule has 0 aliphatic rings. The first-order chi connectivity index (χ1) is 7.50. The first-order valence-corrected chi connectivity index (χ1v) is 4.63. The van der Waals surface area contributed by atoms with Crippen LogP contribution in [0.3, 0.4) is 0 Å². The first kappa shape index (κ1) is 12.0. The summed E-state index contributed by atoms with van der Waals surface area (Å²) in [6.07, 6.45) is 0.243. The van der Waals surface area contributed by atoms with Crippen LogP contribution in [0.4, 0.5) is 5.82 Å². The molecule has 8 heteroatoms. The Balaban J connectivity index is 2.53. The molecule has 0 aliphatic carbocycles. The maximum Gasteiger partial charge on any atom is 0.342 e. The fraction of sp³-hybridized carbons (Fsp3) is 0.500. The Hall–Kier alpha value is -2.12. The van der Waals surface area contributed by atoms with Gasteiger partial charge in [0.25, 0.3) is 5.56 Å². The van der Waals surface area contributed by atoms with E-state index in [9.17, 15) is 14.4 Å². The number of amides is 1. The van der Waals surface area contributed by atoms with Crippen molar-refractivity contribution in [2.75, 3.05) is 26.0 Å². The molecule has 0 unspecified atom stereocenters. The smallest absolute Gasteiger partial charge is 0.342 e. The quantitative estimate of drug-likeness (QED) is 0.570. The third-order valence-electron chi connectivity index (χ3n) is 1.84. The fourth-order valence-corrected chi connectivity index (χ4v) is 0.979. The summed E-state index contributed by atoms with van der Waals surface area (Å²) in [6.45, 7) is 0.277. The van der Waals surface area contributed by atoms with Crippen molar-refractivity contribution < 1.29 is 4.79 Å². The molecule has 1 heterocycles. The molecule has 0 aromatic carbocycles. The van der Waals surface area contributed by atoms with Gasteiger partial charge >= 0.3 is 5.69 Å². The van der Waals surface area contributed by atoms with Gasteiger partial charge in [-0.15, -0.1) is 5.10 Å². The molecule has 0 radical (unpaired) electrons. The first-order valence-electron chi connectivity index (χ1n) is 4.63. The van der Waals surface area contributed by atoms with Crippen LogP contribution in [0.15, 0.2) is 9.59 Å². The summed E-state index contributed by atoms with van der Waals surface area (Å²) < 4.78 is 0. The molecule has 0 aliphatic heterocycles. The molecule has 3 N–H and O–H groups in total. The van der Waals surface area contributed by atoms with E-state index in [0.717, 1.165) is 0 Å². The predicted molar refractivity (Wildman–Crippen MR) is 57.3 cm³/mol. The van der Waals surface area contributed by atoms with Gasteiger partial charge < -0.3 is 10.2 Å². The van der Waals surface area contributed by atoms with E-state index in [1.165, 1.54) is 4.90 Å². The number of hydrogen-bond donors (Lipinski definition) is 3. The van der Waals surface area contributed by atoms with E-state index in [-0.39, 0.29) is 24.7 Å². The van der Waals surface area contributed by atoms with Crippen molar-refractivity contribution in [1.82, 2.24) is 20.1 Å². The summed E-state index contributed by atoms with van der Waals surface area (Å²) in [5.41, 5.74) is -1.28. The molecule has 0 saturated heterocycles. The lowest BCUT2D eigenvalue weighted by molar-refractivity contribution is -0.128. The fourth-order valence-electron chi connectivity index (χ4n) is 0.979. The van der Waals surface area contributed by atoms with Crippen LogP contribution in [0.5, 0.6) is 0 Å². The Morgan fingerprint density at radius 2 is 2.12 bits per heavy atom. The van der Waals surface area contributed by atoms with Gasteiger partial charge in [-0.2, -0.15) is 0 Å². The number of anilines is 1. The maximum atomic E-state index is 11.2. The van der Waals surface area contributed by atoms with Gasteiger partial charge in [-0.1, -0.05) is 0 Å². The highest BCUT2D eigenvalue weighted by Crippen LogP contribution is 1.90. The highest BCUT2D eigenvalue weighted by molar-refractivity contribution is 5.76. The van der Waals surface area contributed by atoms with Crippen LogP contribution >= 0.6 is 0 Å². The number of nitrogens with one attached hydrogen (secondary N) is 3. The van der Waals surface area contributed by atoms with Gasteiger partial charge in [0.1, 0.15) is 0 Å². The Labute approximate surface area is 90.7 Å². The monoisotopic (exact) mass is 227 g/mol. The number of rotatable bonds is 4. The minimum absolute atomic E-state index is 0.00819. The van der Waals surface area contributed by atoms with Crippen molar-refractivity contribution >= 4 is 11.7 Å². The second-order valence-corrected chi connectivity index (χ2v) is 3.32. The van der Waals surface area contributed by atoms with Gasteiger partial charge in [-0.25, -0.2) is 9.89 Å². The standard InChI is InChI=1S/C8H13N5O3/c1-13(2)5(14)3-4-9-6-7(15)10-8(16)12-11-6/h3-4H2,1-2H3,(H,9,11)(H2,10,12,15,16). The normalized spacial score (nSPS) is 9.88. The van der Waals surface area contributed by atoms with Gasteiger partial charge in [-0.05, 0) is 0 Å². The summed E-state index contributed by atoms with van der Waals surface area (Å²) in [5, 5.41) is 8.24. The van der Waals surface area contributed by atoms with Crippen LogP contribution in [0.2, 0.25) is 0 Å². The van der Waals surface area contributed by atoms with Gasteiger partial charge in [0.05, 0.1) is 0 Å². The SMILES string of the molecule is CN(C)C(=O)CCNc1n[nH]c(=O)[nH]c1=O. The Morgan fingerprint density at radius 1 is 1.44 bits per heavy atom. The lowest BCUT2D eigenvalue weighted by atomic mass is 10.4. The van der Waals surface area contributed by atoms with Crippen molar-refractivity contribution in [3.05, 3.63) is 20.8 Å². The van der Waals surface area contributed by atoms with Crippen LogP contribution in [0, 0.1) is 0 Å². The highest BCUT2D eigenvalue weighted by atomic mass is 16.2. The van der Waals surface area contributed by atoms with Crippen LogP contribution < -0.4 is 16.6 Å². The number of carbonyl (C=O) groups is 1. The Bertz CT molecular complexity index is 475. The molecular formula is C8H13N5O3. The van der Waals surface area contributed by atoms with Gasteiger partial charge in [0, 0.05) is 27.1 Å². The number of carbonyl (C=O) groups excluding carboxylic acids is 1. The molecule has 1 rings (SSSR count). The number of hydrogen-bond acceptors (Lipinski definition) is 5. The molecule has 16 heavy (non-hydrogen) atoms. The lowest BCUT2D eigenvalue weighted by Crippen LogP contribution is -2.29. The van der Waals surface area contributed by atoms with Crippen molar-refractivity contribution in [2.45, 2.75) is 6.42 Å². The predicted octanol–water partition coefficient (Wildman–Crippen LogP) is -1.65. The van der Waals surface area contributed by atoms with Crippen LogP contribution in [0.25, 0.3) is 0 Å². The second-order valence-electron chi connectivity index (χ2n) is 3.32. The van der Waals surface area contributed by atoms with Crippen molar-refractivity contribution in [1.29, 1.82) is 0 Å². The second kappa shape index (κ2) is 5.10. The minimum atomic E-state index is -0.667. The van der Waals surface area contributed by atoms with Crippen LogP contribution in [-0.4, -0.2) is 46.6 Å². The molecule has 0 bridgehead atoms. The zero-order valence-electron chi connectivity index (χ0n) is 9.03. The Kier molecular flexibility index (Phi) is 3.81. The molecule has 1 amide bonds. The number of nitrogens with zero attached hydrogens (tertiary/aromatic N) is 2. The molecular weight excluding hydrogens is 214 g/mol. The molecule has 0 spiro atoms. The van der Waals surface area contributed by atoms with E-state index in [1.54, 1.807) is 14.1 Å². The average Bonchev–Trinajstić information content (AvgIpc) is 2.20.